The van der Waals surface area contributed by atoms with Crippen LogP contribution in [0.1, 0.15) is 19.2 Å². The van der Waals surface area contributed by atoms with Crippen LogP contribution in [-0.4, -0.2) is 28.3 Å². The molecule has 1 fully saturated rings. The number of rotatable bonds is 3. The van der Waals surface area contributed by atoms with Gasteiger partial charge in [-0.3, -0.25) is 0 Å². The van der Waals surface area contributed by atoms with Gasteiger partial charge in [0.25, 0.3) is 0 Å². The molecule has 3 rings (SSSR count). The molecule has 1 saturated heterocycles. The van der Waals surface area contributed by atoms with Gasteiger partial charge in [0, 0.05) is 19.2 Å². The number of hydrogen-bond donors (Lipinski definition) is 1. The van der Waals surface area contributed by atoms with Gasteiger partial charge in [0.05, 0.1) is 24.2 Å². The Bertz CT molecular complexity index is 555. The Kier molecular flexibility index (Phi) is 2.84. The molecule has 1 aromatic heterocycles. The number of imidazole rings is 1. The highest BCUT2D eigenvalue weighted by atomic mass is 16.5. The number of nitrogens with one attached hydrogen (secondary N) is 1. The van der Waals surface area contributed by atoms with Gasteiger partial charge < -0.3 is 14.6 Å². The van der Waals surface area contributed by atoms with Gasteiger partial charge in [-0.05, 0) is 25.5 Å². The summed E-state index contributed by atoms with van der Waals surface area (Å²) in [7, 11) is 2.07. The molecule has 0 saturated carbocycles. The van der Waals surface area contributed by atoms with Crippen LogP contribution in [0.5, 0.6) is 0 Å². The average molecular weight is 245 g/mol. The Labute approximate surface area is 107 Å². The van der Waals surface area contributed by atoms with Crippen LogP contribution in [0, 0.1) is 0 Å². The Hall–Kier alpha value is -1.39. The molecular formula is C14H19N3O. The van der Waals surface area contributed by atoms with Gasteiger partial charge in [0.15, 0.2) is 0 Å². The van der Waals surface area contributed by atoms with Gasteiger partial charge in [-0.25, -0.2) is 4.98 Å². The van der Waals surface area contributed by atoms with E-state index < -0.39 is 0 Å². The van der Waals surface area contributed by atoms with E-state index in [0.717, 1.165) is 37.5 Å². The largest absolute Gasteiger partial charge is 0.379 e. The first-order valence-electron chi connectivity index (χ1n) is 6.41. The van der Waals surface area contributed by atoms with Crippen molar-refractivity contribution in [3.05, 3.63) is 30.1 Å². The van der Waals surface area contributed by atoms with E-state index >= 15 is 0 Å². The summed E-state index contributed by atoms with van der Waals surface area (Å²) in [6.45, 7) is 4.64. The minimum Gasteiger partial charge on any atom is -0.379 e. The van der Waals surface area contributed by atoms with Crippen LogP contribution in [0.2, 0.25) is 0 Å². The van der Waals surface area contributed by atoms with Gasteiger partial charge in [-0.1, -0.05) is 12.1 Å². The molecule has 1 unspecified atom stereocenters. The predicted octanol–water partition coefficient (Wildman–Crippen LogP) is 1.84. The predicted molar refractivity (Wildman–Crippen MR) is 71.4 cm³/mol. The fraction of sp³-hybridized carbons (Fsp3) is 0.500. The topological polar surface area (TPSA) is 39.1 Å². The summed E-state index contributed by atoms with van der Waals surface area (Å²) in [4.78, 5) is 4.66. The number of nitrogens with zero attached hydrogens (tertiary/aromatic N) is 2. The zero-order valence-corrected chi connectivity index (χ0v) is 10.9. The maximum absolute atomic E-state index is 5.45. The third-order valence-electron chi connectivity index (χ3n) is 3.77. The zero-order chi connectivity index (χ0) is 12.6. The van der Waals surface area contributed by atoms with Gasteiger partial charge in [-0.2, -0.15) is 0 Å². The molecular weight excluding hydrogens is 226 g/mol. The number of hydrogen-bond acceptors (Lipinski definition) is 3. The summed E-state index contributed by atoms with van der Waals surface area (Å²) < 4.78 is 7.60. The molecule has 0 radical (unpaired) electrons. The molecule has 96 valence electrons. The van der Waals surface area contributed by atoms with E-state index in [2.05, 4.69) is 41.0 Å². The summed E-state index contributed by atoms with van der Waals surface area (Å²) in [6, 6.07) is 8.23. The molecule has 4 nitrogen and oxygen atoms in total. The van der Waals surface area contributed by atoms with Crippen LogP contribution < -0.4 is 5.32 Å². The molecule has 1 aliphatic rings. The molecule has 0 aliphatic carbocycles. The van der Waals surface area contributed by atoms with Crippen molar-refractivity contribution in [3.8, 4) is 0 Å². The first kappa shape index (κ1) is 11.7. The van der Waals surface area contributed by atoms with E-state index in [4.69, 9.17) is 4.74 Å². The molecule has 0 bridgehead atoms. The number of para-hydroxylation sites is 2. The van der Waals surface area contributed by atoms with E-state index in [1.54, 1.807) is 0 Å². The highest BCUT2D eigenvalue weighted by Crippen LogP contribution is 2.19. The Balaban J connectivity index is 1.80. The number of aromatic nitrogens is 2. The fourth-order valence-corrected chi connectivity index (χ4v) is 2.45. The van der Waals surface area contributed by atoms with Crippen LogP contribution in [-0.2, 0) is 18.3 Å². The maximum Gasteiger partial charge on any atom is 0.123 e. The van der Waals surface area contributed by atoms with Crippen LogP contribution >= 0.6 is 0 Å². The van der Waals surface area contributed by atoms with Gasteiger partial charge >= 0.3 is 0 Å². The Morgan fingerprint density at radius 2 is 2.28 bits per heavy atom. The number of ether oxygens (including phenoxy) is 1. The van der Waals surface area contributed by atoms with Gasteiger partial charge in [0.2, 0.25) is 0 Å². The lowest BCUT2D eigenvalue weighted by molar-refractivity contribution is 0.171. The first-order chi connectivity index (χ1) is 8.68. The van der Waals surface area contributed by atoms with Crippen molar-refractivity contribution in [2.45, 2.75) is 25.4 Å². The second-order valence-corrected chi connectivity index (χ2v) is 5.29. The standard InChI is InChI=1S/C14H19N3O/c1-14(7-8-18-10-14)15-9-13-16-11-5-3-4-6-12(11)17(13)2/h3-6,15H,7-10H2,1-2H3. The quantitative estimate of drug-likeness (QED) is 0.897. The Morgan fingerprint density at radius 3 is 3.00 bits per heavy atom. The summed E-state index contributed by atoms with van der Waals surface area (Å²) in [5.41, 5.74) is 2.34. The molecule has 2 heterocycles. The second kappa shape index (κ2) is 4.37. The smallest absolute Gasteiger partial charge is 0.123 e. The summed E-state index contributed by atoms with van der Waals surface area (Å²) in [5, 5.41) is 3.57. The first-order valence-corrected chi connectivity index (χ1v) is 6.41. The third-order valence-corrected chi connectivity index (χ3v) is 3.77. The van der Waals surface area contributed by atoms with Crippen LogP contribution in [0.3, 0.4) is 0 Å². The lowest BCUT2D eigenvalue weighted by Gasteiger charge is -2.23. The van der Waals surface area contributed by atoms with Crippen molar-refractivity contribution < 1.29 is 4.74 Å². The summed E-state index contributed by atoms with van der Waals surface area (Å²) >= 11 is 0. The zero-order valence-electron chi connectivity index (χ0n) is 10.9. The maximum atomic E-state index is 5.45. The molecule has 1 N–H and O–H groups in total. The van der Waals surface area contributed by atoms with Crippen molar-refractivity contribution in [1.82, 2.24) is 14.9 Å². The van der Waals surface area contributed by atoms with Crippen molar-refractivity contribution in [3.63, 3.8) is 0 Å². The van der Waals surface area contributed by atoms with Crippen LogP contribution in [0.25, 0.3) is 11.0 Å². The Morgan fingerprint density at radius 1 is 1.44 bits per heavy atom. The van der Waals surface area contributed by atoms with Gasteiger partial charge in [-0.15, -0.1) is 0 Å². The van der Waals surface area contributed by atoms with E-state index in [0.29, 0.717) is 0 Å². The van der Waals surface area contributed by atoms with Crippen molar-refractivity contribution in [2.24, 2.45) is 7.05 Å². The summed E-state index contributed by atoms with van der Waals surface area (Å²) in [6.07, 6.45) is 1.07. The van der Waals surface area contributed by atoms with Crippen LogP contribution in [0.4, 0.5) is 0 Å². The van der Waals surface area contributed by atoms with Crippen molar-refractivity contribution >= 4 is 11.0 Å². The third kappa shape index (κ3) is 2.02. The second-order valence-electron chi connectivity index (χ2n) is 5.29. The highest BCUT2D eigenvalue weighted by molar-refractivity contribution is 5.75. The lowest BCUT2D eigenvalue weighted by Crippen LogP contribution is -2.42. The summed E-state index contributed by atoms with van der Waals surface area (Å²) in [5.74, 6) is 1.07. The number of fused-ring (bicyclic) bond motifs is 1. The number of aryl methyl sites for hydroxylation is 1. The molecule has 4 heteroatoms. The van der Waals surface area contributed by atoms with Crippen molar-refractivity contribution in [1.29, 1.82) is 0 Å². The SMILES string of the molecule is Cn1c(CNC2(C)CCOC2)nc2ccccc21. The molecule has 1 aliphatic heterocycles. The number of benzene rings is 1. The van der Waals surface area contributed by atoms with Crippen LogP contribution in [0.15, 0.2) is 24.3 Å². The molecule has 0 spiro atoms. The van der Waals surface area contributed by atoms with E-state index in [-0.39, 0.29) is 5.54 Å². The molecule has 2 aromatic rings. The normalized spacial score (nSPS) is 23.9. The lowest BCUT2D eigenvalue weighted by atomic mass is 10.0. The van der Waals surface area contributed by atoms with E-state index in [1.807, 2.05) is 12.1 Å². The van der Waals surface area contributed by atoms with E-state index in [1.165, 1.54) is 5.52 Å². The molecule has 1 aromatic carbocycles. The van der Waals surface area contributed by atoms with Crippen molar-refractivity contribution in [2.75, 3.05) is 13.2 Å². The minimum absolute atomic E-state index is 0.0954. The molecule has 0 amide bonds. The minimum atomic E-state index is 0.0954. The van der Waals surface area contributed by atoms with Gasteiger partial charge in [0.1, 0.15) is 5.82 Å². The van der Waals surface area contributed by atoms with E-state index in [9.17, 15) is 0 Å². The fourth-order valence-electron chi connectivity index (χ4n) is 2.45. The molecule has 1 atom stereocenters. The average Bonchev–Trinajstić information content (AvgIpc) is 2.93. The molecule has 18 heavy (non-hydrogen) atoms. The monoisotopic (exact) mass is 245 g/mol. The highest BCUT2D eigenvalue weighted by Gasteiger charge is 2.29.